The van der Waals surface area contributed by atoms with Crippen LogP contribution in [0.1, 0.15) is 32.3 Å². The quantitative estimate of drug-likeness (QED) is 0.646. The van der Waals surface area contributed by atoms with Crippen molar-refractivity contribution in [2.24, 2.45) is 5.92 Å². The molecule has 144 valence electrons. The topological polar surface area (TPSA) is 88.7 Å². The van der Waals surface area contributed by atoms with E-state index in [0.29, 0.717) is 30.6 Å². The van der Waals surface area contributed by atoms with E-state index in [9.17, 15) is 9.59 Å². The summed E-state index contributed by atoms with van der Waals surface area (Å²) in [4.78, 5) is 23.8. The minimum absolute atomic E-state index is 0.0613. The van der Waals surface area contributed by atoms with Gasteiger partial charge in [-0.1, -0.05) is 6.07 Å². The van der Waals surface area contributed by atoms with Crippen molar-refractivity contribution in [2.45, 2.75) is 39.3 Å². The Morgan fingerprint density at radius 3 is 2.77 bits per heavy atom. The second-order valence-corrected chi connectivity index (χ2v) is 6.52. The van der Waals surface area contributed by atoms with Crippen molar-refractivity contribution in [3.8, 4) is 11.5 Å². The summed E-state index contributed by atoms with van der Waals surface area (Å²) in [5.41, 5.74) is 0.919. The number of amides is 2. The fraction of sp³-hybridized carbons (Fsp3) is 0.579. The highest BCUT2D eigenvalue weighted by molar-refractivity contribution is 5.79. The number of methoxy groups -OCH3 is 1. The standard InChI is InChI=1S/C19H29N3O4/c1-4-20-18(23)12-26-16-6-5-14(10-17(16)25-3)11-22-19(24)15-7-8-21-13(2)9-15/h5-6,10,13,15,21H,4,7-9,11-12H2,1-3H3,(H,20,23)(H,22,24)/t13-,15-/m0/s1. The lowest BCUT2D eigenvalue weighted by atomic mass is 9.92. The Balaban J connectivity index is 1.89. The molecule has 0 bridgehead atoms. The Morgan fingerprint density at radius 1 is 1.27 bits per heavy atom. The third-order valence-electron chi connectivity index (χ3n) is 4.42. The lowest BCUT2D eigenvalue weighted by Gasteiger charge is -2.27. The molecular formula is C19H29N3O4. The summed E-state index contributed by atoms with van der Waals surface area (Å²) in [6.45, 7) is 5.77. The molecule has 0 aromatic heterocycles. The highest BCUT2D eigenvalue weighted by Crippen LogP contribution is 2.28. The van der Waals surface area contributed by atoms with Crippen molar-refractivity contribution in [3.63, 3.8) is 0 Å². The summed E-state index contributed by atoms with van der Waals surface area (Å²) in [7, 11) is 1.55. The zero-order chi connectivity index (χ0) is 18.9. The van der Waals surface area contributed by atoms with Gasteiger partial charge in [0.1, 0.15) is 0 Å². The van der Waals surface area contributed by atoms with Crippen LogP contribution < -0.4 is 25.4 Å². The van der Waals surface area contributed by atoms with Gasteiger partial charge in [0.25, 0.3) is 5.91 Å². The number of piperidine rings is 1. The van der Waals surface area contributed by atoms with E-state index in [1.54, 1.807) is 13.2 Å². The van der Waals surface area contributed by atoms with Gasteiger partial charge in [-0.05, 0) is 50.9 Å². The Kier molecular flexibility index (Phi) is 7.72. The van der Waals surface area contributed by atoms with Gasteiger partial charge in [-0.2, -0.15) is 0 Å². The molecule has 1 aliphatic rings. The molecule has 7 heteroatoms. The van der Waals surface area contributed by atoms with Crippen LogP contribution in [0.5, 0.6) is 11.5 Å². The normalized spacial score (nSPS) is 19.5. The highest BCUT2D eigenvalue weighted by atomic mass is 16.5. The van der Waals surface area contributed by atoms with Crippen LogP contribution in [0.25, 0.3) is 0 Å². The molecule has 0 spiro atoms. The maximum atomic E-state index is 12.3. The molecule has 26 heavy (non-hydrogen) atoms. The third kappa shape index (κ3) is 5.91. The van der Waals surface area contributed by atoms with Gasteiger partial charge in [-0.25, -0.2) is 0 Å². The minimum atomic E-state index is -0.179. The molecular weight excluding hydrogens is 334 g/mol. The number of benzene rings is 1. The smallest absolute Gasteiger partial charge is 0.257 e. The maximum absolute atomic E-state index is 12.3. The minimum Gasteiger partial charge on any atom is -0.493 e. The van der Waals surface area contributed by atoms with Crippen molar-refractivity contribution in [1.29, 1.82) is 0 Å². The molecule has 1 heterocycles. The highest BCUT2D eigenvalue weighted by Gasteiger charge is 2.24. The van der Waals surface area contributed by atoms with Crippen LogP contribution in [-0.4, -0.2) is 44.7 Å². The monoisotopic (exact) mass is 363 g/mol. The van der Waals surface area contributed by atoms with E-state index in [0.717, 1.165) is 24.9 Å². The predicted octanol–water partition coefficient (Wildman–Crippen LogP) is 1.21. The summed E-state index contributed by atoms with van der Waals surface area (Å²) in [5.74, 6) is 1.02. The van der Waals surface area contributed by atoms with E-state index < -0.39 is 0 Å². The van der Waals surface area contributed by atoms with Gasteiger partial charge < -0.3 is 25.4 Å². The number of rotatable bonds is 8. The first kappa shape index (κ1) is 20.0. The molecule has 2 amide bonds. The maximum Gasteiger partial charge on any atom is 0.257 e. The average molecular weight is 363 g/mol. The van der Waals surface area contributed by atoms with E-state index >= 15 is 0 Å². The van der Waals surface area contributed by atoms with Crippen molar-refractivity contribution in [3.05, 3.63) is 23.8 Å². The molecule has 1 aromatic rings. The Bertz CT molecular complexity index is 621. The summed E-state index contributed by atoms with van der Waals surface area (Å²) in [6, 6.07) is 5.81. The van der Waals surface area contributed by atoms with Crippen LogP contribution in [-0.2, 0) is 16.1 Å². The van der Waals surface area contributed by atoms with Crippen LogP contribution in [0.15, 0.2) is 18.2 Å². The summed E-state index contributed by atoms with van der Waals surface area (Å²) < 4.78 is 10.8. The number of nitrogens with one attached hydrogen (secondary N) is 3. The largest absolute Gasteiger partial charge is 0.493 e. The van der Waals surface area contributed by atoms with Crippen LogP contribution in [0, 0.1) is 5.92 Å². The molecule has 2 atom stereocenters. The van der Waals surface area contributed by atoms with Crippen LogP contribution >= 0.6 is 0 Å². The molecule has 0 saturated carbocycles. The number of carbonyl (C=O) groups excluding carboxylic acids is 2. The van der Waals surface area contributed by atoms with Crippen molar-refractivity contribution in [1.82, 2.24) is 16.0 Å². The first-order chi connectivity index (χ1) is 12.5. The molecule has 1 saturated heterocycles. The van der Waals surface area contributed by atoms with E-state index in [1.807, 2.05) is 19.1 Å². The number of carbonyl (C=O) groups is 2. The fourth-order valence-electron chi connectivity index (χ4n) is 3.04. The van der Waals surface area contributed by atoms with Crippen molar-refractivity contribution < 1.29 is 19.1 Å². The number of likely N-dealkylation sites (N-methyl/N-ethyl adjacent to an activating group) is 1. The number of hydrogen-bond acceptors (Lipinski definition) is 5. The van der Waals surface area contributed by atoms with Gasteiger partial charge in [0.15, 0.2) is 18.1 Å². The van der Waals surface area contributed by atoms with Gasteiger partial charge in [-0.15, -0.1) is 0 Å². The van der Waals surface area contributed by atoms with Gasteiger partial charge in [0.05, 0.1) is 7.11 Å². The van der Waals surface area contributed by atoms with Gasteiger partial charge in [0.2, 0.25) is 5.91 Å². The Hall–Kier alpha value is -2.28. The van der Waals surface area contributed by atoms with Crippen LogP contribution in [0.3, 0.4) is 0 Å². The van der Waals surface area contributed by atoms with E-state index in [2.05, 4.69) is 22.9 Å². The van der Waals surface area contributed by atoms with Crippen molar-refractivity contribution in [2.75, 3.05) is 26.8 Å². The summed E-state index contributed by atoms with van der Waals surface area (Å²) in [5, 5.41) is 9.03. The van der Waals surface area contributed by atoms with Crippen LogP contribution in [0.2, 0.25) is 0 Å². The molecule has 0 unspecified atom stereocenters. The van der Waals surface area contributed by atoms with E-state index in [4.69, 9.17) is 9.47 Å². The SMILES string of the molecule is CCNC(=O)COc1ccc(CNC(=O)[C@H]2CCN[C@@H](C)C2)cc1OC. The molecule has 2 rings (SSSR count). The lowest BCUT2D eigenvalue weighted by molar-refractivity contribution is -0.126. The molecule has 1 aliphatic heterocycles. The number of ether oxygens (including phenoxy) is 2. The lowest BCUT2D eigenvalue weighted by Crippen LogP contribution is -2.42. The predicted molar refractivity (Wildman–Crippen MR) is 99.2 cm³/mol. The van der Waals surface area contributed by atoms with Gasteiger partial charge in [-0.3, -0.25) is 9.59 Å². The Morgan fingerprint density at radius 2 is 2.08 bits per heavy atom. The van der Waals surface area contributed by atoms with Crippen molar-refractivity contribution >= 4 is 11.8 Å². The fourth-order valence-corrected chi connectivity index (χ4v) is 3.04. The second-order valence-electron chi connectivity index (χ2n) is 6.52. The molecule has 3 N–H and O–H groups in total. The average Bonchev–Trinajstić information content (AvgIpc) is 2.64. The Labute approximate surface area is 154 Å². The molecule has 1 aromatic carbocycles. The molecule has 0 radical (unpaired) electrons. The van der Waals surface area contributed by atoms with Crippen LogP contribution in [0.4, 0.5) is 0 Å². The zero-order valence-corrected chi connectivity index (χ0v) is 15.8. The van der Waals surface area contributed by atoms with Gasteiger partial charge in [0, 0.05) is 25.0 Å². The molecule has 1 fully saturated rings. The first-order valence-corrected chi connectivity index (χ1v) is 9.11. The van der Waals surface area contributed by atoms with E-state index in [1.165, 1.54) is 0 Å². The van der Waals surface area contributed by atoms with E-state index in [-0.39, 0.29) is 24.3 Å². The zero-order valence-electron chi connectivity index (χ0n) is 15.8. The second kappa shape index (κ2) is 10.0. The third-order valence-corrected chi connectivity index (χ3v) is 4.42. The summed E-state index contributed by atoms with van der Waals surface area (Å²) in [6.07, 6.45) is 1.73. The summed E-state index contributed by atoms with van der Waals surface area (Å²) >= 11 is 0. The number of hydrogen-bond donors (Lipinski definition) is 3. The van der Waals surface area contributed by atoms with Gasteiger partial charge >= 0.3 is 0 Å². The first-order valence-electron chi connectivity index (χ1n) is 9.11. The molecule has 0 aliphatic carbocycles. The molecule has 7 nitrogen and oxygen atoms in total.